The lowest BCUT2D eigenvalue weighted by atomic mass is 10.1. The summed E-state index contributed by atoms with van der Waals surface area (Å²) in [7, 11) is 0. The number of carbonyl (C=O) groups excluding carboxylic acids is 1. The molecule has 4 N–H and O–H groups in total. The highest BCUT2D eigenvalue weighted by molar-refractivity contribution is 5.80. The summed E-state index contributed by atoms with van der Waals surface area (Å²) in [4.78, 5) is 10.5. The van der Waals surface area contributed by atoms with E-state index in [-0.39, 0.29) is 5.56 Å². The van der Waals surface area contributed by atoms with Crippen molar-refractivity contribution >= 4 is 5.91 Å². The van der Waals surface area contributed by atoms with Crippen molar-refractivity contribution < 1.29 is 19.4 Å². The number of hydrogen-bond acceptors (Lipinski definition) is 3. The minimum absolute atomic E-state index is 0.0165. The lowest BCUT2D eigenvalue weighted by Gasteiger charge is -2.06. The number of phenolic OH excluding ortho intramolecular Hbond substituents is 1. The SMILES string of the molecule is NC(=O)C(O)c1ccc(O)c(F)c1. The summed E-state index contributed by atoms with van der Waals surface area (Å²) in [6, 6.07) is 3.11. The van der Waals surface area contributed by atoms with Gasteiger partial charge in [0.05, 0.1) is 0 Å². The number of primary amides is 1. The van der Waals surface area contributed by atoms with Crippen molar-refractivity contribution in [1.29, 1.82) is 0 Å². The number of carbonyl (C=O) groups is 1. The Kier molecular flexibility index (Phi) is 2.48. The molecule has 1 aromatic carbocycles. The minimum atomic E-state index is -1.55. The molecule has 5 heteroatoms. The highest BCUT2D eigenvalue weighted by atomic mass is 19.1. The predicted molar refractivity (Wildman–Crippen MR) is 42.2 cm³/mol. The first-order valence-electron chi connectivity index (χ1n) is 3.48. The largest absolute Gasteiger partial charge is 0.505 e. The van der Waals surface area contributed by atoms with Gasteiger partial charge < -0.3 is 15.9 Å². The summed E-state index contributed by atoms with van der Waals surface area (Å²) in [6.45, 7) is 0. The van der Waals surface area contributed by atoms with E-state index < -0.39 is 23.6 Å². The van der Waals surface area contributed by atoms with E-state index in [9.17, 15) is 9.18 Å². The van der Waals surface area contributed by atoms with E-state index in [1.165, 1.54) is 6.07 Å². The van der Waals surface area contributed by atoms with E-state index in [1.54, 1.807) is 0 Å². The number of nitrogens with two attached hydrogens (primary N) is 1. The number of aromatic hydroxyl groups is 1. The van der Waals surface area contributed by atoms with Crippen molar-refractivity contribution in [3.8, 4) is 5.75 Å². The van der Waals surface area contributed by atoms with Crippen LogP contribution in [0, 0.1) is 5.82 Å². The van der Waals surface area contributed by atoms with Crippen molar-refractivity contribution in [1.82, 2.24) is 0 Å². The second-order valence-corrected chi connectivity index (χ2v) is 2.52. The molecule has 0 saturated carbocycles. The van der Waals surface area contributed by atoms with E-state index in [1.807, 2.05) is 0 Å². The molecule has 70 valence electrons. The monoisotopic (exact) mass is 185 g/mol. The van der Waals surface area contributed by atoms with Gasteiger partial charge in [-0.05, 0) is 17.7 Å². The van der Waals surface area contributed by atoms with Crippen LogP contribution in [-0.4, -0.2) is 16.1 Å². The first-order chi connectivity index (χ1) is 6.02. The molecular formula is C8H8FNO3. The van der Waals surface area contributed by atoms with Crippen LogP contribution in [0.3, 0.4) is 0 Å². The molecule has 1 atom stereocenters. The summed E-state index contributed by atoms with van der Waals surface area (Å²) in [5, 5.41) is 17.9. The van der Waals surface area contributed by atoms with Crippen LogP contribution in [0.25, 0.3) is 0 Å². The molecule has 0 aliphatic rings. The molecule has 13 heavy (non-hydrogen) atoms. The van der Waals surface area contributed by atoms with Crippen LogP contribution in [0.5, 0.6) is 5.75 Å². The number of hydrogen-bond donors (Lipinski definition) is 3. The second-order valence-electron chi connectivity index (χ2n) is 2.52. The van der Waals surface area contributed by atoms with Gasteiger partial charge in [0.15, 0.2) is 17.7 Å². The Morgan fingerprint density at radius 1 is 1.54 bits per heavy atom. The zero-order valence-electron chi connectivity index (χ0n) is 6.57. The number of halogens is 1. The number of aliphatic hydroxyl groups excluding tert-OH is 1. The van der Waals surface area contributed by atoms with Crippen LogP contribution in [0.2, 0.25) is 0 Å². The Hall–Kier alpha value is -1.62. The third-order valence-corrected chi connectivity index (χ3v) is 1.56. The van der Waals surface area contributed by atoms with Crippen LogP contribution >= 0.6 is 0 Å². The fourth-order valence-electron chi connectivity index (χ4n) is 0.857. The second kappa shape index (κ2) is 3.40. The number of amides is 1. The smallest absolute Gasteiger partial charge is 0.250 e. The zero-order chi connectivity index (χ0) is 10.0. The Morgan fingerprint density at radius 2 is 2.15 bits per heavy atom. The molecule has 0 heterocycles. The van der Waals surface area contributed by atoms with E-state index in [0.29, 0.717) is 0 Å². The molecule has 1 amide bonds. The maximum absolute atomic E-state index is 12.7. The van der Waals surface area contributed by atoms with Crippen molar-refractivity contribution in [2.24, 2.45) is 5.73 Å². The molecule has 1 rings (SSSR count). The van der Waals surface area contributed by atoms with Crippen molar-refractivity contribution in [2.75, 3.05) is 0 Å². The molecule has 0 spiro atoms. The first-order valence-corrected chi connectivity index (χ1v) is 3.48. The summed E-state index contributed by atoms with van der Waals surface area (Å²) in [5.74, 6) is -2.41. The molecule has 0 radical (unpaired) electrons. The average Bonchev–Trinajstić information content (AvgIpc) is 2.08. The number of aliphatic hydroxyl groups is 1. The highest BCUT2D eigenvalue weighted by Gasteiger charge is 2.15. The van der Waals surface area contributed by atoms with Crippen LogP contribution in [0.1, 0.15) is 11.7 Å². The highest BCUT2D eigenvalue weighted by Crippen LogP contribution is 2.20. The predicted octanol–water partition coefficient (Wildman–Crippen LogP) is 0.0500. The Labute approximate surface area is 73.4 Å². The van der Waals surface area contributed by atoms with Gasteiger partial charge in [-0.2, -0.15) is 0 Å². The van der Waals surface area contributed by atoms with Gasteiger partial charge in [-0.1, -0.05) is 6.07 Å². The van der Waals surface area contributed by atoms with Crippen LogP contribution in [-0.2, 0) is 4.79 Å². The van der Waals surface area contributed by atoms with Gasteiger partial charge in [-0.25, -0.2) is 4.39 Å². The third-order valence-electron chi connectivity index (χ3n) is 1.56. The van der Waals surface area contributed by atoms with E-state index in [4.69, 9.17) is 15.9 Å². The molecule has 0 bridgehead atoms. The van der Waals surface area contributed by atoms with Gasteiger partial charge in [0.25, 0.3) is 5.91 Å². The van der Waals surface area contributed by atoms with Gasteiger partial charge in [-0.15, -0.1) is 0 Å². The van der Waals surface area contributed by atoms with E-state index >= 15 is 0 Å². The Balaban J connectivity index is 3.03. The average molecular weight is 185 g/mol. The van der Waals surface area contributed by atoms with Gasteiger partial charge in [0.2, 0.25) is 0 Å². The minimum Gasteiger partial charge on any atom is -0.505 e. The van der Waals surface area contributed by atoms with Crippen molar-refractivity contribution in [2.45, 2.75) is 6.10 Å². The number of rotatable bonds is 2. The normalized spacial score (nSPS) is 12.5. The molecule has 0 saturated heterocycles. The Bertz CT molecular complexity index is 340. The van der Waals surface area contributed by atoms with E-state index in [2.05, 4.69) is 0 Å². The maximum Gasteiger partial charge on any atom is 0.250 e. The number of phenols is 1. The topological polar surface area (TPSA) is 83.6 Å². The Morgan fingerprint density at radius 3 is 2.62 bits per heavy atom. The fraction of sp³-hybridized carbons (Fsp3) is 0.125. The molecule has 0 aliphatic carbocycles. The van der Waals surface area contributed by atoms with Gasteiger partial charge in [0, 0.05) is 0 Å². The summed E-state index contributed by atoms with van der Waals surface area (Å²) < 4.78 is 12.7. The quantitative estimate of drug-likeness (QED) is 0.608. The van der Waals surface area contributed by atoms with Gasteiger partial charge >= 0.3 is 0 Å². The summed E-state index contributed by atoms with van der Waals surface area (Å²) >= 11 is 0. The molecule has 0 aliphatic heterocycles. The molecular weight excluding hydrogens is 177 g/mol. The van der Waals surface area contributed by atoms with Gasteiger partial charge in [0.1, 0.15) is 0 Å². The standard InChI is InChI=1S/C8H8FNO3/c9-5-3-4(1-2-6(5)11)7(12)8(10)13/h1-3,7,11-12H,(H2,10,13). The molecule has 4 nitrogen and oxygen atoms in total. The molecule has 0 aromatic heterocycles. The molecule has 0 fully saturated rings. The molecule has 1 unspecified atom stereocenters. The maximum atomic E-state index is 12.7. The van der Waals surface area contributed by atoms with Crippen molar-refractivity contribution in [3.05, 3.63) is 29.6 Å². The summed E-state index contributed by atoms with van der Waals surface area (Å²) in [6.07, 6.45) is -1.55. The van der Waals surface area contributed by atoms with E-state index in [0.717, 1.165) is 12.1 Å². The fourth-order valence-corrected chi connectivity index (χ4v) is 0.857. The van der Waals surface area contributed by atoms with Crippen LogP contribution in [0.4, 0.5) is 4.39 Å². The summed E-state index contributed by atoms with van der Waals surface area (Å²) in [5.41, 5.74) is 4.80. The first kappa shape index (κ1) is 9.47. The zero-order valence-corrected chi connectivity index (χ0v) is 6.57. The van der Waals surface area contributed by atoms with Gasteiger partial charge in [-0.3, -0.25) is 4.79 Å². The van der Waals surface area contributed by atoms with Crippen molar-refractivity contribution in [3.63, 3.8) is 0 Å². The lowest BCUT2D eigenvalue weighted by molar-refractivity contribution is -0.126. The third kappa shape index (κ3) is 1.94. The number of benzene rings is 1. The van der Waals surface area contributed by atoms with Crippen LogP contribution < -0.4 is 5.73 Å². The lowest BCUT2D eigenvalue weighted by Crippen LogP contribution is -2.20. The van der Waals surface area contributed by atoms with Crippen LogP contribution in [0.15, 0.2) is 18.2 Å². The molecule has 1 aromatic rings.